The van der Waals surface area contributed by atoms with Crippen LogP contribution in [0, 0.1) is 41.0 Å². The summed E-state index contributed by atoms with van der Waals surface area (Å²) >= 11 is 0. The van der Waals surface area contributed by atoms with Gasteiger partial charge in [-0.25, -0.2) is 0 Å². The van der Waals surface area contributed by atoms with Crippen LogP contribution in [0.15, 0.2) is 16.7 Å². The molecule has 1 aromatic heterocycles. The minimum absolute atomic E-state index is 0.0973. The number of nitro benzene ring substituents is 2. The molecule has 0 fully saturated rings. The summed E-state index contributed by atoms with van der Waals surface area (Å²) in [7, 11) is 1.49. The molecule has 0 saturated heterocycles. The van der Waals surface area contributed by atoms with Crippen LogP contribution in [0.2, 0.25) is 0 Å². The Kier molecular flexibility index (Phi) is 4.82. The average molecular weight is 348 g/mol. The second kappa shape index (κ2) is 6.67. The Morgan fingerprint density at radius 1 is 1.16 bits per heavy atom. The Labute approximate surface area is 142 Å². The van der Waals surface area contributed by atoms with Gasteiger partial charge in [0.1, 0.15) is 11.3 Å². The standard InChI is InChI=1S/C15H16N4O6/c1-8-13(18(21)22)5-11(6-14(8)19(23)24)15(20)17(4)7-12-9(2)16-25-10(12)3/h5-6H,7H2,1-4H3. The molecular formula is C15H16N4O6. The van der Waals surface area contributed by atoms with Crippen LogP contribution >= 0.6 is 0 Å². The van der Waals surface area contributed by atoms with Crippen LogP contribution in [0.4, 0.5) is 11.4 Å². The first-order valence-electron chi connectivity index (χ1n) is 7.24. The zero-order valence-corrected chi connectivity index (χ0v) is 14.1. The maximum absolute atomic E-state index is 12.6. The largest absolute Gasteiger partial charge is 0.361 e. The first kappa shape index (κ1) is 18.0. The Morgan fingerprint density at radius 3 is 2.08 bits per heavy atom. The van der Waals surface area contributed by atoms with E-state index in [2.05, 4.69) is 5.16 Å². The Balaban J connectivity index is 2.41. The Hall–Kier alpha value is -3.30. The van der Waals surface area contributed by atoms with Crippen molar-refractivity contribution in [2.45, 2.75) is 27.3 Å². The molecule has 1 amide bonds. The van der Waals surface area contributed by atoms with Crippen molar-refractivity contribution in [1.29, 1.82) is 0 Å². The number of nitrogens with zero attached hydrogens (tertiary/aromatic N) is 4. The normalized spacial score (nSPS) is 10.6. The number of aromatic nitrogens is 1. The molecule has 0 aliphatic rings. The number of amides is 1. The third-order valence-corrected chi connectivity index (χ3v) is 3.92. The van der Waals surface area contributed by atoms with Crippen molar-refractivity contribution in [2.75, 3.05) is 7.05 Å². The third-order valence-electron chi connectivity index (χ3n) is 3.92. The molecular weight excluding hydrogens is 332 g/mol. The molecule has 1 heterocycles. The van der Waals surface area contributed by atoms with Gasteiger partial charge in [0.25, 0.3) is 17.3 Å². The number of hydrogen-bond acceptors (Lipinski definition) is 7. The van der Waals surface area contributed by atoms with E-state index in [9.17, 15) is 25.0 Å². The van der Waals surface area contributed by atoms with E-state index in [1.54, 1.807) is 13.8 Å². The van der Waals surface area contributed by atoms with Crippen molar-refractivity contribution in [2.24, 2.45) is 0 Å². The van der Waals surface area contributed by atoms with Gasteiger partial charge in [-0.2, -0.15) is 0 Å². The predicted octanol–water partition coefficient (Wildman–Crippen LogP) is 2.69. The monoisotopic (exact) mass is 348 g/mol. The molecule has 0 unspecified atom stereocenters. The molecule has 0 saturated carbocycles. The van der Waals surface area contributed by atoms with Gasteiger partial charge in [0.05, 0.1) is 27.6 Å². The fourth-order valence-electron chi connectivity index (χ4n) is 2.44. The zero-order chi connectivity index (χ0) is 18.9. The summed E-state index contributed by atoms with van der Waals surface area (Å²) in [6.07, 6.45) is 0. The Bertz CT molecular complexity index is 818. The van der Waals surface area contributed by atoms with Gasteiger partial charge in [-0.15, -0.1) is 0 Å². The number of hydrogen-bond donors (Lipinski definition) is 0. The highest BCUT2D eigenvalue weighted by Gasteiger charge is 2.27. The predicted molar refractivity (Wildman–Crippen MR) is 86.3 cm³/mol. The van der Waals surface area contributed by atoms with Gasteiger partial charge in [0.15, 0.2) is 0 Å². The first-order valence-corrected chi connectivity index (χ1v) is 7.24. The molecule has 2 rings (SSSR count). The average Bonchev–Trinajstić information content (AvgIpc) is 2.85. The maximum atomic E-state index is 12.6. The molecule has 0 radical (unpaired) electrons. The van der Waals surface area contributed by atoms with Crippen molar-refractivity contribution in [3.05, 3.63) is 60.5 Å². The van der Waals surface area contributed by atoms with Crippen LogP contribution in [0.5, 0.6) is 0 Å². The number of aryl methyl sites for hydroxylation is 2. The highest BCUT2D eigenvalue weighted by molar-refractivity contribution is 5.95. The quantitative estimate of drug-likeness (QED) is 0.599. The SMILES string of the molecule is Cc1noc(C)c1CN(C)C(=O)c1cc([N+](=O)[O-])c(C)c([N+](=O)[O-])c1. The van der Waals surface area contributed by atoms with Gasteiger partial charge in [-0.3, -0.25) is 25.0 Å². The molecule has 0 aliphatic heterocycles. The highest BCUT2D eigenvalue weighted by atomic mass is 16.6. The van der Waals surface area contributed by atoms with E-state index < -0.39 is 27.1 Å². The van der Waals surface area contributed by atoms with Gasteiger partial charge in [-0.05, 0) is 20.8 Å². The van der Waals surface area contributed by atoms with Crippen molar-refractivity contribution >= 4 is 17.3 Å². The van der Waals surface area contributed by atoms with E-state index in [4.69, 9.17) is 4.52 Å². The lowest BCUT2D eigenvalue weighted by Crippen LogP contribution is -2.27. The van der Waals surface area contributed by atoms with Crippen LogP contribution in [-0.2, 0) is 6.54 Å². The van der Waals surface area contributed by atoms with Gasteiger partial charge in [0, 0.05) is 24.7 Å². The maximum Gasteiger partial charge on any atom is 0.279 e. The lowest BCUT2D eigenvalue weighted by Gasteiger charge is -2.17. The molecule has 0 aliphatic carbocycles. The molecule has 10 heteroatoms. The Morgan fingerprint density at radius 2 is 1.68 bits per heavy atom. The molecule has 0 bridgehead atoms. The zero-order valence-electron chi connectivity index (χ0n) is 14.1. The summed E-state index contributed by atoms with van der Waals surface area (Å²) in [5.74, 6) is -0.0239. The molecule has 0 N–H and O–H groups in total. The molecule has 0 atom stereocenters. The minimum atomic E-state index is -0.743. The van der Waals surface area contributed by atoms with E-state index in [-0.39, 0.29) is 17.7 Å². The topological polar surface area (TPSA) is 133 Å². The number of rotatable bonds is 5. The number of nitro groups is 2. The van der Waals surface area contributed by atoms with Crippen LogP contribution < -0.4 is 0 Å². The smallest absolute Gasteiger partial charge is 0.279 e. The molecule has 0 spiro atoms. The van der Waals surface area contributed by atoms with E-state index >= 15 is 0 Å². The number of carbonyl (C=O) groups excluding carboxylic acids is 1. The van der Waals surface area contributed by atoms with E-state index in [1.165, 1.54) is 18.9 Å². The first-order chi connectivity index (χ1) is 11.6. The summed E-state index contributed by atoms with van der Waals surface area (Å²) in [4.78, 5) is 34.6. The van der Waals surface area contributed by atoms with Crippen LogP contribution in [0.25, 0.3) is 0 Å². The molecule has 1 aromatic carbocycles. The molecule has 25 heavy (non-hydrogen) atoms. The van der Waals surface area contributed by atoms with Crippen molar-refractivity contribution < 1.29 is 19.2 Å². The van der Waals surface area contributed by atoms with E-state index in [1.807, 2.05) is 0 Å². The van der Waals surface area contributed by atoms with Gasteiger partial charge in [0.2, 0.25) is 0 Å². The fourth-order valence-corrected chi connectivity index (χ4v) is 2.44. The van der Waals surface area contributed by atoms with E-state index in [0.29, 0.717) is 17.0 Å². The van der Waals surface area contributed by atoms with Gasteiger partial charge in [-0.1, -0.05) is 5.16 Å². The lowest BCUT2D eigenvalue weighted by molar-refractivity contribution is -0.395. The third kappa shape index (κ3) is 3.47. The molecule has 2 aromatic rings. The summed E-state index contributed by atoms with van der Waals surface area (Å²) < 4.78 is 5.03. The lowest BCUT2D eigenvalue weighted by atomic mass is 10.1. The van der Waals surface area contributed by atoms with Crippen LogP contribution in [-0.4, -0.2) is 32.9 Å². The number of carbonyl (C=O) groups is 1. The van der Waals surface area contributed by atoms with Crippen LogP contribution in [0.3, 0.4) is 0 Å². The van der Waals surface area contributed by atoms with Crippen molar-refractivity contribution in [3.8, 4) is 0 Å². The van der Waals surface area contributed by atoms with Crippen molar-refractivity contribution in [1.82, 2.24) is 10.1 Å². The van der Waals surface area contributed by atoms with Crippen molar-refractivity contribution in [3.63, 3.8) is 0 Å². The summed E-state index contributed by atoms with van der Waals surface area (Å²) in [5.41, 5.74) is 0.176. The fraction of sp³-hybridized carbons (Fsp3) is 0.333. The minimum Gasteiger partial charge on any atom is -0.361 e. The molecule has 132 valence electrons. The highest BCUT2D eigenvalue weighted by Crippen LogP contribution is 2.30. The van der Waals surface area contributed by atoms with Gasteiger partial charge < -0.3 is 9.42 Å². The van der Waals surface area contributed by atoms with Crippen LogP contribution in [0.1, 0.15) is 32.9 Å². The van der Waals surface area contributed by atoms with E-state index in [0.717, 1.165) is 12.1 Å². The second-order valence-corrected chi connectivity index (χ2v) is 5.62. The van der Waals surface area contributed by atoms with Gasteiger partial charge >= 0.3 is 0 Å². The summed E-state index contributed by atoms with van der Waals surface area (Å²) in [5, 5.41) is 26.0. The molecule has 10 nitrogen and oxygen atoms in total. The summed E-state index contributed by atoms with van der Waals surface area (Å²) in [6, 6.07) is 2.10. The number of benzene rings is 1. The second-order valence-electron chi connectivity index (χ2n) is 5.62. The summed E-state index contributed by atoms with van der Waals surface area (Å²) in [6.45, 7) is 4.87.